The van der Waals surface area contributed by atoms with Crippen LogP contribution in [-0.4, -0.2) is 25.6 Å². The maximum Gasteiger partial charge on any atom is 0.329 e. The van der Waals surface area contributed by atoms with Crippen molar-refractivity contribution in [2.24, 2.45) is 0 Å². The number of amides is 2. The lowest BCUT2D eigenvalue weighted by molar-refractivity contribution is -0.120. The van der Waals surface area contributed by atoms with Gasteiger partial charge < -0.3 is 4.74 Å². The van der Waals surface area contributed by atoms with E-state index in [0.717, 1.165) is 11.4 Å². The predicted molar refractivity (Wildman–Crippen MR) is 93.8 cm³/mol. The molecule has 0 aliphatic carbocycles. The Bertz CT molecular complexity index is 758. The Kier molecular flexibility index (Phi) is 4.51. The zero-order valence-corrected chi connectivity index (χ0v) is 13.8. The zero-order valence-electron chi connectivity index (χ0n) is 13.8. The van der Waals surface area contributed by atoms with Gasteiger partial charge in [-0.05, 0) is 35.7 Å². The first-order chi connectivity index (χ1) is 11.6. The fraction of sp³-hybridized carbons (Fsp3) is 0.263. The Morgan fingerprint density at radius 1 is 1.00 bits per heavy atom. The molecule has 1 fully saturated rings. The summed E-state index contributed by atoms with van der Waals surface area (Å²) >= 11 is 0. The van der Waals surface area contributed by atoms with Crippen LogP contribution >= 0.6 is 0 Å². The van der Waals surface area contributed by atoms with Crippen LogP contribution in [0.5, 0.6) is 5.75 Å². The van der Waals surface area contributed by atoms with Crippen molar-refractivity contribution < 1.29 is 14.3 Å². The Hall–Kier alpha value is -2.82. The van der Waals surface area contributed by atoms with E-state index < -0.39 is 0 Å². The molecule has 2 amide bonds. The van der Waals surface area contributed by atoms with Crippen LogP contribution in [0.25, 0.3) is 0 Å². The van der Waals surface area contributed by atoms with Crippen LogP contribution in [0.2, 0.25) is 0 Å². The first-order valence-electron chi connectivity index (χ1n) is 7.99. The highest BCUT2D eigenvalue weighted by Gasteiger charge is 2.31. The molecule has 1 aliphatic heterocycles. The van der Waals surface area contributed by atoms with E-state index in [2.05, 4.69) is 26.0 Å². The maximum absolute atomic E-state index is 12.8. The molecule has 0 saturated carbocycles. The van der Waals surface area contributed by atoms with E-state index in [1.165, 1.54) is 5.56 Å². The average Bonchev–Trinajstić information content (AvgIpc) is 2.97. The van der Waals surface area contributed by atoms with E-state index in [1.54, 1.807) is 28.0 Å². The molecule has 0 radical (unpaired) electrons. The fourth-order valence-electron chi connectivity index (χ4n) is 2.85. The van der Waals surface area contributed by atoms with Crippen molar-refractivity contribution in [3.05, 3.63) is 54.1 Å². The van der Waals surface area contributed by atoms with Crippen LogP contribution < -0.4 is 14.5 Å². The van der Waals surface area contributed by atoms with Gasteiger partial charge in [0.15, 0.2) is 0 Å². The second kappa shape index (κ2) is 6.74. The molecule has 2 aromatic carbocycles. The third kappa shape index (κ3) is 3.11. The van der Waals surface area contributed by atoms with E-state index in [4.69, 9.17) is 4.74 Å². The van der Waals surface area contributed by atoms with Gasteiger partial charge in [-0.2, -0.15) is 0 Å². The third-order valence-electron chi connectivity index (χ3n) is 4.17. The van der Waals surface area contributed by atoms with Crippen molar-refractivity contribution >= 4 is 23.9 Å². The summed E-state index contributed by atoms with van der Waals surface area (Å²) in [6, 6.07) is 15.0. The first-order valence-corrected chi connectivity index (χ1v) is 7.99. The highest BCUT2D eigenvalue weighted by molar-refractivity contribution is 6.06. The van der Waals surface area contributed by atoms with Crippen LogP contribution in [0.15, 0.2) is 48.5 Å². The number of benzene rings is 2. The van der Waals surface area contributed by atoms with E-state index in [0.29, 0.717) is 31.2 Å². The minimum Gasteiger partial charge on any atom is -0.429 e. The van der Waals surface area contributed by atoms with Crippen molar-refractivity contribution in [1.82, 2.24) is 0 Å². The monoisotopic (exact) mass is 324 g/mol. The van der Waals surface area contributed by atoms with Crippen molar-refractivity contribution in [3.8, 4) is 5.75 Å². The second-order valence-corrected chi connectivity index (χ2v) is 6.05. The van der Waals surface area contributed by atoms with Crippen LogP contribution in [0.3, 0.4) is 0 Å². The lowest BCUT2D eigenvalue weighted by Gasteiger charge is -2.20. The summed E-state index contributed by atoms with van der Waals surface area (Å²) in [5.41, 5.74) is 2.84. The predicted octanol–water partition coefficient (Wildman–Crippen LogP) is 3.79. The van der Waals surface area contributed by atoms with Crippen molar-refractivity contribution in [2.45, 2.75) is 19.8 Å². The number of nitrogens with zero attached hydrogens (tertiary/aromatic N) is 2. The van der Waals surface area contributed by atoms with Crippen LogP contribution in [0.1, 0.15) is 25.3 Å². The molecule has 124 valence electrons. The smallest absolute Gasteiger partial charge is 0.329 e. The molecule has 0 N–H and O–H groups in total. The number of rotatable bonds is 5. The number of hydrogen-bond acceptors (Lipinski definition) is 3. The van der Waals surface area contributed by atoms with Gasteiger partial charge in [-0.3, -0.25) is 14.6 Å². The molecule has 5 nitrogen and oxygen atoms in total. The molecule has 5 heteroatoms. The largest absolute Gasteiger partial charge is 0.429 e. The number of urea groups is 1. The molecule has 2 aromatic rings. The van der Waals surface area contributed by atoms with Crippen molar-refractivity contribution in [3.63, 3.8) is 0 Å². The molecule has 1 aliphatic rings. The number of hydrogen-bond donors (Lipinski definition) is 0. The molecule has 1 saturated heterocycles. The lowest BCUT2D eigenvalue weighted by atomic mass is 10.0. The van der Waals surface area contributed by atoms with E-state index in [1.807, 2.05) is 18.2 Å². The second-order valence-electron chi connectivity index (χ2n) is 6.05. The standard InChI is InChI=1S/C19H20N2O3/c1-14(2)15-5-3-6-16(11-15)20-9-10-21(19(20)23)17-7-4-8-18(12-17)24-13-22/h3-8,11-14H,9-10H2,1-2H3. The summed E-state index contributed by atoms with van der Waals surface area (Å²) in [6.45, 7) is 5.87. The summed E-state index contributed by atoms with van der Waals surface area (Å²) in [6.07, 6.45) is 0. The highest BCUT2D eigenvalue weighted by Crippen LogP contribution is 2.29. The topological polar surface area (TPSA) is 49.9 Å². The summed E-state index contributed by atoms with van der Waals surface area (Å²) in [5, 5.41) is 0. The first kappa shape index (κ1) is 16.1. The van der Waals surface area contributed by atoms with Crippen molar-refractivity contribution in [1.29, 1.82) is 0 Å². The zero-order chi connectivity index (χ0) is 17.1. The van der Waals surface area contributed by atoms with Crippen LogP contribution in [0, 0.1) is 0 Å². The Labute approximate surface area is 141 Å². The maximum atomic E-state index is 12.8. The van der Waals surface area contributed by atoms with Gasteiger partial charge in [0.1, 0.15) is 5.75 Å². The van der Waals surface area contributed by atoms with E-state index in [9.17, 15) is 9.59 Å². The molecule has 3 rings (SSSR count). The number of carbonyl (C=O) groups is 2. The molecule has 1 heterocycles. The normalized spacial score (nSPS) is 14.4. The van der Waals surface area contributed by atoms with E-state index in [-0.39, 0.29) is 6.03 Å². The van der Waals surface area contributed by atoms with Gasteiger partial charge in [-0.1, -0.05) is 32.0 Å². The summed E-state index contributed by atoms with van der Waals surface area (Å²) in [7, 11) is 0. The summed E-state index contributed by atoms with van der Waals surface area (Å²) in [5.74, 6) is 0.839. The number of ether oxygens (including phenoxy) is 1. The SMILES string of the molecule is CC(C)c1cccc(N2CCN(c3cccc(OC=O)c3)C2=O)c1. The molecule has 0 spiro atoms. The van der Waals surface area contributed by atoms with Crippen LogP contribution in [0.4, 0.5) is 16.2 Å². The molecule has 24 heavy (non-hydrogen) atoms. The Morgan fingerprint density at radius 3 is 2.25 bits per heavy atom. The minimum atomic E-state index is -0.0702. The minimum absolute atomic E-state index is 0.0702. The molecular weight excluding hydrogens is 304 g/mol. The average molecular weight is 324 g/mol. The summed E-state index contributed by atoms with van der Waals surface area (Å²) < 4.78 is 4.86. The van der Waals surface area contributed by atoms with Gasteiger partial charge in [0, 0.05) is 30.5 Å². The molecule has 0 atom stereocenters. The van der Waals surface area contributed by atoms with Gasteiger partial charge in [0.05, 0.1) is 0 Å². The van der Waals surface area contributed by atoms with Gasteiger partial charge in [-0.25, -0.2) is 4.79 Å². The highest BCUT2D eigenvalue weighted by atomic mass is 16.5. The number of carbonyl (C=O) groups excluding carboxylic acids is 2. The van der Waals surface area contributed by atoms with Crippen LogP contribution in [-0.2, 0) is 4.79 Å². The van der Waals surface area contributed by atoms with Gasteiger partial charge in [-0.15, -0.1) is 0 Å². The molecule has 0 aromatic heterocycles. The van der Waals surface area contributed by atoms with Gasteiger partial charge >= 0.3 is 6.03 Å². The van der Waals surface area contributed by atoms with Gasteiger partial charge in [0.25, 0.3) is 6.47 Å². The van der Waals surface area contributed by atoms with Crippen molar-refractivity contribution in [2.75, 3.05) is 22.9 Å². The molecule has 0 bridgehead atoms. The quantitative estimate of drug-likeness (QED) is 0.786. The fourth-order valence-corrected chi connectivity index (χ4v) is 2.85. The summed E-state index contributed by atoms with van der Waals surface area (Å²) in [4.78, 5) is 26.8. The lowest BCUT2D eigenvalue weighted by Crippen LogP contribution is -2.31. The number of anilines is 2. The molecule has 0 unspecified atom stereocenters. The van der Waals surface area contributed by atoms with Gasteiger partial charge in [0.2, 0.25) is 0 Å². The Morgan fingerprint density at radius 2 is 1.62 bits per heavy atom. The Balaban J connectivity index is 1.84. The molecular formula is C19H20N2O3. The third-order valence-corrected chi connectivity index (χ3v) is 4.17. The van der Waals surface area contributed by atoms with E-state index >= 15 is 0 Å².